The molecule has 0 radical (unpaired) electrons. The minimum absolute atomic E-state index is 0.161. The number of hydrogen-bond donors (Lipinski definition) is 1. The molecule has 0 aromatic carbocycles. The second-order valence-corrected chi connectivity index (χ2v) is 4.77. The smallest absolute Gasteiger partial charge is 0.154 e. The van der Waals surface area contributed by atoms with Crippen molar-refractivity contribution in [3.05, 3.63) is 0 Å². The minimum atomic E-state index is -1.06. The maximum atomic E-state index is 10.1. The van der Waals surface area contributed by atoms with Crippen LogP contribution in [0.25, 0.3) is 0 Å². The molecule has 0 unspecified atom stereocenters. The van der Waals surface area contributed by atoms with E-state index in [1.807, 2.05) is 0 Å². The van der Waals surface area contributed by atoms with E-state index < -0.39 is 5.60 Å². The standard InChI is InChI=1S/C11H19NO/c1-8(2)10-5-4-9(3)6-11(10,13)7-12/h8-10,13H,4-6H2,1-3H3/t9-,10+,11+/m1/s1. The molecule has 2 heteroatoms. The van der Waals surface area contributed by atoms with Crippen LogP contribution in [0.1, 0.15) is 40.0 Å². The lowest BCUT2D eigenvalue weighted by Gasteiger charge is -2.39. The van der Waals surface area contributed by atoms with Crippen molar-refractivity contribution in [1.82, 2.24) is 0 Å². The largest absolute Gasteiger partial charge is 0.375 e. The van der Waals surface area contributed by atoms with Gasteiger partial charge in [-0.05, 0) is 24.7 Å². The van der Waals surface area contributed by atoms with Gasteiger partial charge in [0.25, 0.3) is 0 Å². The molecule has 74 valence electrons. The summed E-state index contributed by atoms with van der Waals surface area (Å²) in [6, 6.07) is 2.10. The first kappa shape index (κ1) is 10.5. The van der Waals surface area contributed by atoms with Gasteiger partial charge in [0, 0.05) is 5.92 Å². The third-order valence-electron chi connectivity index (χ3n) is 3.24. The van der Waals surface area contributed by atoms with Gasteiger partial charge in [0.2, 0.25) is 0 Å². The van der Waals surface area contributed by atoms with Gasteiger partial charge in [-0.2, -0.15) is 5.26 Å². The van der Waals surface area contributed by atoms with Crippen molar-refractivity contribution in [1.29, 1.82) is 5.26 Å². The molecule has 0 amide bonds. The predicted octanol–water partition coefficient (Wildman–Crippen LogP) is 2.33. The third-order valence-corrected chi connectivity index (χ3v) is 3.24. The van der Waals surface area contributed by atoms with Crippen molar-refractivity contribution in [3.63, 3.8) is 0 Å². The Hall–Kier alpha value is -0.550. The summed E-state index contributed by atoms with van der Waals surface area (Å²) in [6.45, 7) is 6.28. The van der Waals surface area contributed by atoms with Crippen LogP contribution in [0.4, 0.5) is 0 Å². The average Bonchev–Trinajstić information content (AvgIpc) is 2.03. The maximum Gasteiger partial charge on any atom is 0.154 e. The van der Waals surface area contributed by atoms with Gasteiger partial charge >= 0.3 is 0 Å². The first-order valence-electron chi connectivity index (χ1n) is 5.13. The second kappa shape index (κ2) is 3.67. The summed E-state index contributed by atoms with van der Waals surface area (Å²) in [6.07, 6.45) is 2.78. The highest BCUT2D eigenvalue weighted by Crippen LogP contribution is 2.40. The van der Waals surface area contributed by atoms with Crippen LogP contribution in [0.15, 0.2) is 0 Å². The fourth-order valence-corrected chi connectivity index (χ4v) is 2.50. The molecule has 0 aromatic heterocycles. The molecule has 3 atom stereocenters. The lowest BCUT2D eigenvalue weighted by Crippen LogP contribution is -2.44. The Morgan fingerprint density at radius 3 is 2.54 bits per heavy atom. The summed E-state index contributed by atoms with van der Waals surface area (Å²) in [5.41, 5.74) is -1.06. The van der Waals surface area contributed by atoms with Gasteiger partial charge in [-0.1, -0.05) is 27.2 Å². The Morgan fingerprint density at radius 1 is 1.46 bits per heavy atom. The van der Waals surface area contributed by atoms with Crippen LogP contribution in [0.5, 0.6) is 0 Å². The third kappa shape index (κ3) is 2.03. The molecule has 0 aliphatic heterocycles. The van der Waals surface area contributed by atoms with Crippen molar-refractivity contribution >= 4 is 0 Å². The summed E-state index contributed by atoms with van der Waals surface area (Å²) < 4.78 is 0. The maximum absolute atomic E-state index is 10.1. The van der Waals surface area contributed by atoms with E-state index in [1.165, 1.54) is 0 Å². The number of rotatable bonds is 1. The second-order valence-electron chi connectivity index (χ2n) is 4.77. The molecular weight excluding hydrogens is 162 g/mol. The van der Waals surface area contributed by atoms with Crippen LogP contribution in [0.2, 0.25) is 0 Å². The zero-order valence-electron chi connectivity index (χ0n) is 8.75. The van der Waals surface area contributed by atoms with Gasteiger partial charge < -0.3 is 5.11 Å². The summed E-state index contributed by atoms with van der Waals surface area (Å²) in [7, 11) is 0. The zero-order valence-corrected chi connectivity index (χ0v) is 8.75. The normalized spacial score (nSPS) is 40.3. The van der Waals surface area contributed by atoms with Gasteiger partial charge in [0.1, 0.15) is 0 Å². The van der Waals surface area contributed by atoms with Crippen molar-refractivity contribution in [3.8, 4) is 6.07 Å². The van der Waals surface area contributed by atoms with E-state index in [9.17, 15) is 5.11 Å². The lowest BCUT2D eigenvalue weighted by atomic mass is 9.68. The molecule has 1 aliphatic rings. The van der Waals surface area contributed by atoms with Crippen molar-refractivity contribution in [2.45, 2.75) is 45.6 Å². The summed E-state index contributed by atoms with van der Waals surface area (Å²) in [5.74, 6) is 1.05. The molecule has 0 saturated heterocycles. The molecule has 1 N–H and O–H groups in total. The molecule has 1 rings (SSSR count). The highest BCUT2D eigenvalue weighted by Gasteiger charge is 2.42. The molecule has 1 aliphatic carbocycles. The summed E-state index contributed by atoms with van der Waals surface area (Å²) in [5, 5.41) is 19.1. The topological polar surface area (TPSA) is 44.0 Å². The first-order valence-corrected chi connectivity index (χ1v) is 5.13. The number of nitrogens with zero attached hydrogens (tertiary/aromatic N) is 1. The van der Waals surface area contributed by atoms with Crippen LogP contribution in [0.3, 0.4) is 0 Å². The molecule has 2 nitrogen and oxygen atoms in total. The zero-order chi connectivity index (χ0) is 10.1. The Kier molecular flexibility index (Phi) is 2.98. The summed E-state index contributed by atoms with van der Waals surface area (Å²) in [4.78, 5) is 0. The Bertz CT molecular complexity index is 219. The van der Waals surface area contributed by atoms with E-state index in [0.717, 1.165) is 12.8 Å². The van der Waals surface area contributed by atoms with Gasteiger partial charge in [0.15, 0.2) is 5.60 Å². The van der Waals surface area contributed by atoms with Crippen LogP contribution >= 0.6 is 0 Å². The van der Waals surface area contributed by atoms with E-state index in [-0.39, 0.29) is 5.92 Å². The van der Waals surface area contributed by atoms with Crippen LogP contribution in [-0.4, -0.2) is 10.7 Å². The van der Waals surface area contributed by atoms with E-state index in [0.29, 0.717) is 18.3 Å². The molecule has 0 heterocycles. The molecule has 1 fully saturated rings. The van der Waals surface area contributed by atoms with Gasteiger partial charge in [-0.3, -0.25) is 0 Å². The SMILES string of the molecule is CC(C)[C@@H]1CC[C@@H](C)C[C@]1(O)C#N. The van der Waals surface area contributed by atoms with Gasteiger partial charge in [-0.15, -0.1) is 0 Å². The van der Waals surface area contributed by atoms with Crippen molar-refractivity contribution < 1.29 is 5.11 Å². The molecule has 0 aromatic rings. The van der Waals surface area contributed by atoms with E-state index in [4.69, 9.17) is 5.26 Å². The highest BCUT2D eigenvalue weighted by molar-refractivity contribution is 5.08. The van der Waals surface area contributed by atoms with E-state index in [1.54, 1.807) is 0 Å². The Morgan fingerprint density at radius 2 is 2.08 bits per heavy atom. The molecular formula is C11H19NO. The van der Waals surface area contributed by atoms with Crippen molar-refractivity contribution in [2.75, 3.05) is 0 Å². The predicted molar refractivity (Wildman–Crippen MR) is 51.9 cm³/mol. The molecule has 13 heavy (non-hydrogen) atoms. The van der Waals surface area contributed by atoms with Gasteiger partial charge in [0.05, 0.1) is 6.07 Å². The Balaban J connectivity index is 2.80. The van der Waals surface area contributed by atoms with Crippen LogP contribution in [0, 0.1) is 29.1 Å². The van der Waals surface area contributed by atoms with Crippen LogP contribution < -0.4 is 0 Å². The highest BCUT2D eigenvalue weighted by atomic mass is 16.3. The quantitative estimate of drug-likeness (QED) is 0.631. The summed E-state index contributed by atoms with van der Waals surface area (Å²) >= 11 is 0. The fraction of sp³-hybridized carbons (Fsp3) is 0.909. The first-order chi connectivity index (χ1) is 5.99. The van der Waals surface area contributed by atoms with Crippen molar-refractivity contribution in [2.24, 2.45) is 17.8 Å². The number of aliphatic hydroxyl groups is 1. The van der Waals surface area contributed by atoms with E-state index >= 15 is 0 Å². The fourth-order valence-electron chi connectivity index (χ4n) is 2.50. The van der Waals surface area contributed by atoms with E-state index in [2.05, 4.69) is 26.8 Å². The average molecular weight is 181 g/mol. The molecule has 0 spiro atoms. The van der Waals surface area contributed by atoms with Crippen LogP contribution in [-0.2, 0) is 0 Å². The number of hydrogen-bond acceptors (Lipinski definition) is 2. The van der Waals surface area contributed by atoms with Gasteiger partial charge in [-0.25, -0.2) is 0 Å². The molecule has 0 bridgehead atoms. The minimum Gasteiger partial charge on any atom is -0.375 e. The monoisotopic (exact) mass is 181 g/mol. The Labute approximate surface area is 80.6 Å². The lowest BCUT2D eigenvalue weighted by molar-refractivity contribution is -0.0342. The number of nitriles is 1. The molecule has 1 saturated carbocycles.